The van der Waals surface area contributed by atoms with E-state index in [9.17, 15) is 5.11 Å². The largest absolute Gasteiger partial charge is 0.467 e. The Morgan fingerprint density at radius 2 is 2.09 bits per heavy atom. The summed E-state index contributed by atoms with van der Waals surface area (Å²) in [6, 6.07) is 7.26. The molecule has 1 aromatic carbocycles. The lowest BCUT2D eigenvalue weighted by Crippen LogP contribution is -2.44. The van der Waals surface area contributed by atoms with Crippen LogP contribution < -0.4 is 15.0 Å². The maximum atomic E-state index is 9.52. The summed E-state index contributed by atoms with van der Waals surface area (Å²) in [7, 11) is 1.57. The molecule has 2 aromatic heterocycles. The van der Waals surface area contributed by atoms with Gasteiger partial charge in [-0.05, 0) is 62.4 Å². The molecule has 2 N–H and O–H groups in total. The zero-order valence-electron chi connectivity index (χ0n) is 19.5. The number of hydrogen-bond acceptors (Lipinski definition) is 8. The Hall–Kier alpha value is -2.75. The Kier molecular flexibility index (Phi) is 6.18. The van der Waals surface area contributed by atoms with E-state index in [4.69, 9.17) is 9.47 Å². The van der Waals surface area contributed by atoms with Gasteiger partial charge in [0.05, 0.1) is 38.1 Å². The van der Waals surface area contributed by atoms with E-state index in [1.807, 2.05) is 16.9 Å². The van der Waals surface area contributed by atoms with Gasteiger partial charge in [-0.1, -0.05) is 0 Å². The van der Waals surface area contributed by atoms with Gasteiger partial charge in [0, 0.05) is 30.6 Å². The molecule has 2 aliphatic heterocycles. The minimum atomic E-state index is -0.230. The highest BCUT2D eigenvalue weighted by molar-refractivity contribution is 5.82. The summed E-state index contributed by atoms with van der Waals surface area (Å²) in [6.45, 7) is 7.26. The molecular weight excluding hydrogens is 420 g/mol. The fourth-order valence-corrected chi connectivity index (χ4v) is 5.04. The average Bonchev–Trinajstić information content (AvgIpc) is 3.25. The molecule has 3 atom stereocenters. The molecule has 2 unspecified atom stereocenters. The number of aliphatic hydroxyl groups is 1. The van der Waals surface area contributed by atoms with Crippen LogP contribution in [0.1, 0.15) is 36.8 Å². The Balaban J connectivity index is 1.55. The summed E-state index contributed by atoms with van der Waals surface area (Å²) in [4.78, 5) is 11.3. The van der Waals surface area contributed by atoms with E-state index in [0.717, 1.165) is 36.1 Å². The third kappa shape index (κ3) is 4.40. The van der Waals surface area contributed by atoms with Gasteiger partial charge in [-0.3, -0.25) is 0 Å². The van der Waals surface area contributed by atoms with Crippen molar-refractivity contribution in [2.45, 2.75) is 44.8 Å². The van der Waals surface area contributed by atoms with Crippen molar-refractivity contribution in [1.29, 1.82) is 0 Å². The molecule has 0 bridgehead atoms. The van der Waals surface area contributed by atoms with Crippen LogP contribution in [0.2, 0.25) is 0 Å². The van der Waals surface area contributed by atoms with Gasteiger partial charge >= 0.3 is 6.01 Å². The first-order chi connectivity index (χ1) is 16.1. The first-order valence-electron chi connectivity index (χ1n) is 11.7. The number of anilines is 1. The number of ether oxygens (including phenoxy) is 2. The normalized spacial score (nSPS) is 23.8. The Morgan fingerprint density at radius 1 is 1.24 bits per heavy atom. The van der Waals surface area contributed by atoms with E-state index in [0.29, 0.717) is 37.5 Å². The first kappa shape index (κ1) is 22.1. The number of benzene rings is 1. The van der Waals surface area contributed by atoms with Crippen molar-refractivity contribution in [2.75, 3.05) is 44.9 Å². The van der Waals surface area contributed by atoms with Gasteiger partial charge in [0.2, 0.25) is 0 Å². The zero-order valence-corrected chi connectivity index (χ0v) is 19.5. The van der Waals surface area contributed by atoms with Crippen LogP contribution in [0, 0.1) is 6.92 Å². The highest BCUT2D eigenvalue weighted by atomic mass is 16.5. The van der Waals surface area contributed by atoms with Crippen molar-refractivity contribution in [2.24, 2.45) is 0 Å². The predicted molar refractivity (Wildman–Crippen MR) is 126 cm³/mol. The van der Waals surface area contributed by atoms with Crippen molar-refractivity contribution >= 4 is 16.7 Å². The number of aliphatic hydroxyl groups excluding tert-OH is 1. The summed E-state index contributed by atoms with van der Waals surface area (Å²) in [6.07, 6.45) is 3.93. The van der Waals surface area contributed by atoms with Gasteiger partial charge in [-0.15, -0.1) is 0 Å². The lowest BCUT2D eigenvalue weighted by Gasteiger charge is -2.33. The van der Waals surface area contributed by atoms with Crippen LogP contribution in [0.15, 0.2) is 24.4 Å². The molecule has 0 saturated carbocycles. The SMILES string of the molecule is COc1nc(N2CCO[C@@H](CO)C2)cc(-n2ncc3cc(C)c(C4CCNC(C)C4)cc32)n1. The molecule has 0 radical (unpaired) electrons. The number of fused-ring (bicyclic) bond motifs is 1. The molecule has 176 valence electrons. The molecular formula is C24H32N6O3. The van der Waals surface area contributed by atoms with Crippen LogP contribution in [0.5, 0.6) is 6.01 Å². The van der Waals surface area contributed by atoms with Gasteiger partial charge in [0.1, 0.15) is 5.82 Å². The number of nitrogens with one attached hydrogen (secondary N) is 1. The van der Waals surface area contributed by atoms with Crippen LogP contribution in [-0.2, 0) is 4.74 Å². The Labute approximate surface area is 193 Å². The molecule has 9 heteroatoms. The van der Waals surface area contributed by atoms with Crippen molar-refractivity contribution in [1.82, 2.24) is 25.1 Å². The summed E-state index contributed by atoms with van der Waals surface area (Å²) >= 11 is 0. The van der Waals surface area contributed by atoms with Crippen molar-refractivity contribution in [3.05, 3.63) is 35.5 Å². The first-order valence-corrected chi connectivity index (χ1v) is 11.7. The van der Waals surface area contributed by atoms with Gasteiger partial charge in [-0.2, -0.15) is 15.1 Å². The smallest absolute Gasteiger partial charge is 0.320 e. The molecule has 2 aliphatic rings. The quantitative estimate of drug-likeness (QED) is 0.608. The van der Waals surface area contributed by atoms with E-state index in [-0.39, 0.29) is 18.7 Å². The number of methoxy groups -OCH3 is 1. The average molecular weight is 453 g/mol. The number of hydrogen-bond donors (Lipinski definition) is 2. The number of nitrogens with zero attached hydrogens (tertiary/aromatic N) is 5. The molecule has 0 spiro atoms. The lowest BCUT2D eigenvalue weighted by molar-refractivity contribution is 0.00333. The molecule has 2 fully saturated rings. The second-order valence-corrected chi connectivity index (χ2v) is 9.09. The van der Waals surface area contributed by atoms with Gasteiger partial charge < -0.3 is 24.8 Å². The minimum Gasteiger partial charge on any atom is -0.467 e. The fourth-order valence-electron chi connectivity index (χ4n) is 5.04. The highest BCUT2D eigenvalue weighted by Gasteiger charge is 2.24. The summed E-state index contributed by atoms with van der Waals surface area (Å²) in [5, 5.41) is 18.8. The maximum absolute atomic E-state index is 9.52. The minimum absolute atomic E-state index is 0.0210. The zero-order chi connectivity index (χ0) is 22.9. The molecule has 4 heterocycles. The molecule has 5 rings (SSSR count). The lowest BCUT2D eigenvalue weighted by atomic mass is 9.84. The maximum Gasteiger partial charge on any atom is 0.320 e. The second-order valence-electron chi connectivity index (χ2n) is 9.09. The Bertz CT molecular complexity index is 1130. The third-order valence-electron chi connectivity index (χ3n) is 6.76. The fraction of sp³-hybridized carbons (Fsp3) is 0.542. The molecule has 0 amide bonds. The number of morpholine rings is 1. The summed E-state index contributed by atoms with van der Waals surface area (Å²) in [5.74, 6) is 1.93. The van der Waals surface area contributed by atoms with Crippen LogP contribution in [0.3, 0.4) is 0 Å². The third-order valence-corrected chi connectivity index (χ3v) is 6.76. The molecule has 3 aromatic rings. The molecule has 2 saturated heterocycles. The molecule has 0 aliphatic carbocycles. The predicted octanol–water partition coefficient (Wildman–Crippen LogP) is 2.19. The number of piperidine rings is 1. The topological polar surface area (TPSA) is 97.6 Å². The summed E-state index contributed by atoms with van der Waals surface area (Å²) in [5.41, 5.74) is 3.73. The summed E-state index contributed by atoms with van der Waals surface area (Å²) < 4.78 is 12.9. The van der Waals surface area contributed by atoms with E-state index in [1.54, 1.807) is 7.11 Å². The molecule has 9 nitrogen and oxygen atoms in total. The van der Waals surface area contributed by atoms with E-state index >= 15 is 0 Å². The molecule has 33 heavy (non-hydrogen) atoms. The van der Waals surface area contributed by atoms with Crippen LogP contribution in [0.25, 0.3) is 16.7 Å². The van der Waals surface area contributed by atoms with Crippen LogP contribution >= 0.6 is 0 Å². The number of rotatable bonds is 5. The van der Waals surface area contributed by atoms with Gasteiger partial charge in [0.15, 0.2) is 5.82 Å². The van der Waals surface area contributed by atoms with E-state index in [2.05, 4.69) is 51.3 Å². The van der Waals surface area contributed by atoms with E-state index in [1.165, 1.54) is 11.1 Å². The number of aromatic nitrogens is 4. The standard InChI is InChI=1S/C24H32N6O3/c1-15-8-18-12-26-30(21(18)10-20(15)17-4-5-25-16(2)9-17)23-11-22(27-24(28-23)32-3)29-6-7-33-19(13-29)14-31/h8,10-12,16-17,19,25,31H,4-7,9,13-14H2,1-3H3/t16?,17?,19-/m1/s1. The van der Waals surface area contributed by atoms with Crippen molar-refractivity contribution < 1.29 is 14.6 Å². The van der Waals surface area contributed by atoms with E-state index < -0.39 is 0 Å². The number of aryl methyl sites for hydroxylation is 1. The van der Waals surface area contributed by atoms with Crippen molar-refractivity contribution in [3.8, 4) is 11.8 Å². The van der Waals surface area contributed by atoms with Gasteiger partial charge in [0.25, 0.3) is 0 Å². The van der Waals surface area contributed by atoms with Crippen molar-refractivity contribution in [3.63, 3.8) is 0 Å². The second kappa shape index (κ2) is 9.24. The monoisotopic (exact) mass is 452 g/mol. The Morgan fingerprint density at radius 3 is 2.88 bits per heavy atom. The van der Waals surface area contributed by atoms with Gasteiger partial charge in [-0.25, -0.2) is 4.68 Å². The van der Waals surface area contributed by atoms with Crippen LogP contribution in [0.4, 0.5) is 5.82 Å². The van der Waals surface area contributed by atoms with Crippen LogP contribution in [-0.4, -0.2) is 77.0 Å². The highest BCUT2D eigenvalue weighted by Crippen LogP contribution is 2.33.